The van der Waals surface area contributed by atoms with Gasteiger partial charge in [-0.15, -0.1) is 0 Å². The SMILES string of the molecule is CCN(c1ccccc1)S(=O)(=O)c1cccc(C(=O)Nc2ccc(F)c(F)c2)c1. The number of nitrogens with zero attached hydrogens (tertiary/aromatic N) is 1. The Labute approximate surface area is 167 Å². The number of carbonyl (C=O) groups is 1. The molecule has 0 bridgehead atoms. The topological polar surface area (TPSA) is 66.5 Å². The first kappa shape index (κ1) is 20.5. The maximum Gasteiger partial charge on any atom is 0.264 e. The number of benzene rings is 3. The van der Waals surface area contributed by atoms with E-state index in [2.05, 4.69) is 5.32 Å². The number of amides is 1. The molecule has 0 fully saturated rings. The molecule has 0 saturated carbocycles. The molecule has 0 aromatic heterocycles. The van der Waals surface area contributed by atoms with Gasteiger partial charge in [0.15, 0.2) is 11.6 Å². The van der Waals surface area contributed by atoms with Crippen LogP contribution >= 0.6 is 0 Å². The number of sulfonamides is 1. The van der Waals surface area contributed by atoms with E-state index in [0.717, 1.165) is 12.1 Å². The number of para-hydroxylation sites is 1. The molecular weight excluding hydrogens is 398 g/mol. The number of hydrogen-bond donors (Lipinski definition) is 1. The number of rotatable bonds is 6. The summed E-state index contributed by atoms with van der Waals surface area (Å²) in [7, 11) is -3.90. The summed E-state index contributed by atoms with van der Waals surface area (Å²) in [6, 6.07) is 17.1. The highest BCUT2D eigenvalue weighted by Gasteiger charge is 2.24. The van der Waals surface area contributed by atoms with Gasteiger partial charge in [-0.2, -0.15) is 0 Å². The minimum absolute atomic E-state index is 0.0545. The molecule has 0 unspecified atom stereocenters. The van der Waals surface area contributed by atoms with Crippen LogP contribution < -0.4 is 9.62 Å². The Kier molecular flexibility index (Phi) is 5.93. The van der Waals surface area contributed by atoms with Crippen molar-refractivity contribution in [2.75, 3.05) is 16.2 Å². The lowest BCUT2D eigenvalue weighted by Crippen LogP contribution is -2.30. The van der Waals surface area contributed by atoms with E-state index in [1.807, 2.05) is 0 Å². The Hall–Kier alpha value is -3.26. The van der Waals surface area contributed by atoms with Gasteiger partial charge in [0, 0.05) is 23.9 Å². The Bertz CT molecular complexity index is 1140. The van der Waals surface area contributed by atoms with Crippen LogP contribution in [0.2, 0.25) is 0 Å². The molecule has 0 atom stereocenters. The van der Waals surface area contributed by atoms with Crippen molar-refractivity contribution in [3.8, 4) is 0 Å². The van der Waals surface area contributed by atoms with Gasteiger partial charge in [0.05, 0.1) is 10.6 Å². The fourth-order valence-corrected chi connectivity index (χ4v) is 4.31. The van der Waals surface area contributed by atoms with E-state index in [-0.39, 0.29) is 22.7 Å². The van der Waals surface area contributed by atoms with Crippen molar-refractivity contribution in [3.63, 3.8) is 0 Å². The monoisotopic (exact) mass is 416 g/mol. The Morgan fingerprint density at radius 1 is 0.931 bits per heavy atom. The van der Waals surface area contributed by atoms with Gasteiger partial charge in [0.25, 0.3) is 15.9 Å². The van der Waals surface area contributed by atoms with E-state index in [9.17, 15) is 22.0 Å². The molecule has 3 aromatic carbocycles. The summed E-state index contributed by atoms with van der Waals surface area (Å²) in [6.07, 6.45) is 0. The van der Waals surface area contributed by atoms with Crippen molar-refractivity contribution in [1.82, 2.24) is 0 Å². The number of anilines is 2. The number of nitrogens with one attached hydrogen (secondary N) is 1. The van der Waals surface area contributed by atoms with E-state index in [4.69, 9.17) is 0 Å². The summed E-state index contributed by atoms with van der Waals surface area (Å²) in [6.45, 7) is 1.92. The summed E-state index contributed by atoms with van der Waals surface area (Å²) in [5.41, 5.74) is 0.633. The highest BCUT2D eigenvalue weighted by Crippen LogP contribution is 2.24. The first-order valence-corrected chi connectivity index (χ1v) is 10.2. The highest BCUT2D eigenvalue weighted by atomic mass is 32.2. The van der Waals surface area contributed by atoms with Crippen LogP contribution in [0.15, 0.2) is 77.7 Å². The molecule has 8 heteroatoms. The van der Waals surface area contributed by atoms with Crippen LogP contribution in [0.5, 0.6) is 0 Å². The molecule has 3 rings (SSSR count). The molecule has 0 aliphatic heterocycles. The number of halogens is 2. The lowest BCUT2D eigenvalue weighted by atomic mass is 10.2. The second-order valence-electron chi connectivity index (χ2n) is 6.12. The molecule has 29 heavy (non-hydrogen) atoms. The molecule has 0 radical (unpaired) electrons. The molecule has 3 aromatic rings. The predicted octanol–water partition coefficient (Wildman–Crippen LogP) is 4.43. The van der Waals surface area contributed by atoms with Gasteiger partial charge in [-0.3, -0.25) is 9.10 Å². The third-order valence-corrected chi connectivity index (χ3v) is 6.09. The Morgan fingerprint density at radius 2 is 1.66 bits per heavy atom. The van der Waals surface area contributed by atoms with Crippen molar-refractivity contribution in [1.29, 1.82) is 0 Å². The van der Waals surface area contributed by atoms with Gasteiger partial charge in [-0.05, 0) is 49.4 Å². The smallest absolute Gasteiger partial charge is 0.264 e. The minimum Gasteiger partial charge on any atom is -0.322 e. The fraction of sp³-hybridized carbons (Fsp3) is 0.0952. The first-order chi connectivity index (χ1) is 13.8. The zero-order chi connectivity index (χ0) is 21.0. The fourth-order valence-electron chi connectivity index (χ4n) is 2.79. The van der Waals surface area contributed by atoms with Crippen LogP contribution in [0.4, 0.5) is 20.2 Å². The highest BCUT2D eigenvalue weighted by molar-refractivity contribution is 7.92. The van der Waals surface area contributed by atoms with Crippen molar-refractivity contribution >= 4 is 27.3 Å². The van der Waals surface area contributed by atoms with E-state index in [1.165, 1.54) is 34.6 Å². The van der Waals surface area contributed by atoms with Crippen LogP contribution in [0.25, 0.3) is 0 Å². The zero-order valence-corrected chi connectivity index (χ0v) is 16.3. The van der Waals surface area contributed by atoms with Gasteiger partial charge in [0.2, 0.25) is 0 Å². The van der Waals surface area contributed by atoms with Crippen LogP contribution in [-0.2, 0) is 10.0 Å². The third kappa shape index (κ3) is 4.43. The molecule has 1 amide bonds. The van der Waals surface area contributed by atoms with Crippen LogP contribution in [0.3, 0.4) is 0 Å². The standard InChI is InChI=1S/C21H18F2N2O3S/c1-2-25(17-8-4-3-5-9-17)29(27,28)18-10-6-7-15(13-18)21(26)24-16-11-12-19(22)20(23)14-16/h3-14H,2H2,1H3,(H,24,26). The Morgan fingerprint density at radius 3 is 2.31 bits per heavy atom. The molecule has 0 heterocycles. The normalized spacial score (nSPS) is 11.1. The molecule has 0 aliphatic carbocycles. The molecule has 0 spiro atoms. The van der Waals surface area contributed by atoms with Crippen LogP contribution in [0, 0.1) is 11.6 Å². The summed E-state index contributed by atoms with van der Waals surface area (Å²) < 4.78 is 53.8. The van der Waals surface area contributed by atoms with Gasteiger partial charge in [-0.25, -0.2) is 17.2 Å². The summed E-state index contributed by atoms with van der Waals surface area (Å²) >= 11 is 0. The van der Waals surface area contributed by atoms with E-state index < -0.39 is 27.6 Å². The third-order valence-electron chi connectivity index (χ3n) is 4.19. The average Bonchev–Trinajstić information content (AvgIpc) is 2.72. The molecule has 0 aliphatic rings. The summed E-state index contributed by atoms with van der Waals surface area (Å²) in [5.74, 6) is -2.77. The van der Waals surface area contributed by atoms with Crippen LogP contribution in [0.1, 0.15) is 17.3 Å². The molecule has 0 saturated heterocycles. The summed E-state index contributed by atoms with van der Waals surface area (Å²) in [4.78, 5) is 12.4. The van der Waals surface area contributed by atoms with E-state index in [1.54, 1.807) is 37.3 Å². The second-order valence-corrected chi connectivity index (χ2v) is 7.98. The molecule has 150 valence electrons. The Balaban J connectivity index is 1.89. The van der Waals surface area contributed by atoms with Gasteiger partial charge in [-0.1, -0.05) is 24.3 Å². The quantitative estimate of drug-likeness (QED) is 0.646. The first-order valence-electron chi connectivity index (χ1n) is 8.77. The van der Waals surface area contributed by atoms with Crippen molar-refractivity contribution in [3.05, 3.63) is 90.0 Å². The van der Waals surface area contributed by atoms with Gasteiger partial charge >= 0.3 is 0 Å². The molecule has 1 N–H and O–H groups in total. The largest absolute Gasteiger partial charge is 0.322 e. The average molecular weight is 416 g/mol. The van der Waals surface area contributed by atoms with E-state index >= 15 is 0 Å². The van der Waals surface area contributed by atoms with Crippen molar-refractivity contribution < 1.29 is 22.0 Å². The number of carbonyl (C=O) groups excluding carboxylic acids is 1. The number of hydrogen-bond acceptors (Lipinski definition) is 3. The lowest BCUT2D eigenvalue weighted by molar-refractivity contribution is 0.102. The van der Waals surface area contributed by atoms with Crippen molar-refractivity contribution in [2.45, 2.75) is 11.8 Å². The summed E-state index contributed by atoms with van der Waals surface area (Å²) in [5, 5.41) is 2.43. The van der Waals surface area contributed by atoms with Crippen LogP contribution in [-0.4, -0.2) is 20.9 Å². The van der Waals surface area contributed by atoms with Gasteiger partial charge in [0.1, 0.15) is 0 Å². The second kappa shape index (κ2) is 8.40. The maximum atomic E-state index is 13.3. The molecule has 5 nitrogen and oxygen atoms in total. The maximum absolute atomic E-state index is 13.3. The van der Waals surface area contributed by atoms with Gasteiger partial charge < -0.3 is 5.32 Å². The lowest BCUT2D eigenvalue weighted by Gasteiger charge is -2.23. The van der Waals surface area contributed by atoms with E-state index in [0.29, 0.717) is 5.69 Å². The predicted molar refractivity (Wildman–Crippen MR) is 107 cm³/mol. The van der Waals surface area contributed by atoms with Crippen molar-refractivity contribution in [2.24, 2.45) is 0 Å². The zero-order valence-electron chi connectivity index (χ0n) is 15.5. The minimum atomic E-state index is -3.90. The molecular formula is C21H18F2N2O3S.